The van der Waals surface area contributed by atoms with E-state index in [1.807, 2.05) is 0 Å². The van der Waals surface area contributed by atoms with E-state index in [-0.39, 0.29) is 12.1 Å². The Bertz CT molecular complexity index is 759. The summed E-state index contributed by atoms with van der Waals surface area (Å²) in [5, 5.41) is 2.92. The van der Waals surface area contributed by atoms with Crippen LogP contribution in [0.5, 0.6) is 0 Å². The van der Waals surface area contributed by atoms with E-state index in [4.69, 9.17) is 0 Å². The Morgan fingerprint density at radius 3 is 2.52 bits per heavy atom. The van der Waals surface area contributed by atoms with Crippen LogP contribution in [0.1, 0.15) is 29.9 Å². The van der Waals surface area contributed by atoms with Gasteiger partial charge in [0, 0.05) is 12.5 Å². The first kappa shape index (κ1) is 14.1. The molecule has 1 aromatic heterocycles. The third-order valence-electron chi connectivity index (χ3n) is 3.50. The smallest absolute Gasteiger partial charge is 0.258 e. The molecule has 0 fully saturated rings. The Kier molecular flexibility index (Phi) is 3.27. The van der Waals surface area contributed by atoms with E-state index in [1.54, 1.807) is 30.3 Å². The van der Waals surface area contributed by atoms with Crippen molar-refractivity contribution in [3.63, 3.8) is 0 Å². The van der Waals surface area contributed by atoms with Crippen molar-refractivity contribution in [1.82, 2.24) is 9.78 Å². The van der Waals surface area contributed by atoms with Crippen molar-refractivity contribution in [3.8, 4) is 0 Å². The summed E-state index contributed by atoms with van der Waals surface area (Å²) in [7, 11) is -4.82. The molecule has 1 aliphatic heterocycles. The highest BCUT2D eigenvalue weighted by molar-refractivity contribution is 7.91. The van der Waals surface area contributed by atoms with Crippen LogP contribution in [-0.4, -0.2) is 24.0 Å². The van der Waals surface area contributed by atoms with E-state index in [0.29, 0.717) is 0 Å². The number of halogens is 3. The highest BCUT2D eigenvalue weighted by Crippen LogP contribution is 2.41. The first-order valence-electron chi connectivity index (χ1n) is 6.22. The highest BCUT2D eigenvalue weighted by atomic mass is 32.2. The number of aromatic nitrogens is 2. The second kappa shape index (κ2) is 4.87. The highest BCUT2D eigenvalue weighted by Gasteiger charge is 2.38. The Morgan fingerprint density at radius 1 is 1.24 bits per heavy atom. The average Bonchev–Trinajstić information content (AvgIpc) is 3.01. The van der Waals surface area contributed by atoms with Gasteiger partial charge in [-0.1, -0.05) is 30.3 Å². The molecule has 3 rings (SSSR count). The maximum atomic E-state index is 14.0. The predicted molar refractivity (Wildman–Crippen MR) is 68.5 cm³/mol. The number of rotatable bonds is 3. The first-order chi connectivity index (χ1) is 9.91. The van der Waals surface area contributed by atoms with Crippen molar-refractivity contribution in [2.75, 3.05) is 0 Å². The van der Waals surface area contributed by atoms with Crippen molar-refractivity contribution in [3.05, 3.63) is 47.7 Å². The summed E-state index contributed by atoms with van der Waals surface area (Å²) in [6.45, 7) is 0. The van der Waals surface area contributed by atoms with Gasteiger partial charge in [0.1, 0.15) is 6.17 Å². The van der Waals surface area contributed by atoms with Crippen LogP contribution in [0.4, 0.5) is 13.2 Å². The Balaban J connectivity index is 2.07. The van der Waals surface area contributed by atoms with Crippen LogP contribution < -0.4 is 0 Å². The van der Waals surface area contributed by atoms with E-state index < -0.39 is 32.8 Å². The molecule has 0 spiro atoms. The number of hydrogen-bond donors (Lipinski definition) is 0. The maximum Gasteiger partial charge on any atom is 0.342 e. The van der Waals surface area contributed by atoms with Crippen molar-refractivity contribution < 1.29 is 21.6 Å². The van der Waals surface area contributed by atoms with Gasteiger partial charge in [0.25, 0.3) is 9.84 Å². The zero-order chi connectivity index (χ0) is 15.2. The van der Waals surface area contributed by atoms with Crippen molar-refractivity contribution in [2.24, 2.45) is 0 Å². The number of sulfone groups is 1. The minimum atomic E-state index is -4.82. The number of fused-ring (bicyclic) bond motifs is 1. The van der Waals surface area contributed by atoms with Crippen LogP contribution in [0.25, 0.3) is 0 Å². The molecule has 0 amide bonds. The number of alkyl halides is 3. The third kappa shape index (κ3) is 2.23. The molecule has 0 unspecified atom stereocenters. The largest absolute Gasteiger partial charge is 0.342 e. The molecule has 2 aromatic rings. The molecule has 1 aliphatic rings. The quantitative estimate of drug-likeness (QED) is 0.875. The van der Waals surface area contributed by atoms with Gasteiger partial charge in [-0.3, -0.25) is 4.68 Å². The predicted octanol–water partition coefficient (Wildman–Crippen LogP) is 2.88. The first-order valence-corrected chi connectivity index (χ1v) is 7.76. The van der Waals surface area contributed by atoms with E-state index in [9.17, 15) is 21.6 Å². The fourth-order valence-corrected chi connectivity index (χ4v) is 3.14. The van der Waals surface area contributed by atoms with E-state index in [1.165, 1.54) is 4.68 Å². The minimum absolute atomic E-state index is 0.0167. The second-order valence-electron chi connectivity index (χ2n) is 4.79. The SMILES string of the molecule is O=S(=O)(c1cc2n(n1)[C@@H](c1ccccc1)C[C@H]2F)C(F)F. The summed E-state index contributed by atoms with van der Waals surface area (Å²) in [6, 6.07) is 9.25. The molecule has 0 bridgehead atoms. The second-order valence-corrected chi connectivity index (χ2v) is 6.65. The van der Waals surface area contributed by atoms with E-state index in [0.717, 1.165) is 11.6 Å². The molecule has 1 aromatic carbocycles. The standard InChI is InChI=1S/C13H11F3N2O2S/c14-9-6-10(8-4-2-1-3-5-8)18-11(9)7-12(17-18)21(19,20)13(15)16/h1-5,7,9-10,13H,6H2/t9-,10-/m1/s1. The van der Waals surface area contributed by atoms with Crippen LogP contribution in [0.2, 0.25) is 0 Å². The van der Waals surface area contributed by atoms with Crippen LogP contribution in [-0.2, 0) is 9.84 Å². The summed E-state index contributed by atoms with van der Waals surface area (Å²) in [6.07, 6.45) is -1.31. The fourth-order valence-electron chi connectivity index (χ4n) is 2.47. The molecular formula is C13H11F3N2O2S. The number of nitrogens with zero attached hydrogens (tertiary/aromatic N) is 2. The molecule has 8 heteroatoms. The summed E-state index contributed by atoms with van der Waals surface area (Å²) in [4.78, 5) is 0. The van der Waals surface area contributed by atoms with Crippen LogP contribution >= 0.6 is 0 Å². The number of hydrogen-bond acceptors (Lipinski definition) is 3. The van der Waals surface area contributed by atoms with Gasteiger partial charge in [-0.05, 0) is 5.56 Å². The minimum Gasteiger partial charge on any atom is -0.258 e. The molecule has 2 heterocycles. The van der Waals surface area contributed by atoms with Gasteiger partial charge >= 0.3 is 5.76 Å². The number of benzene rings is 1. The Hall–Kier alpha value is -1.83. The van der Waals surface area contributed by atoms with Gasteiger partial charge in [-0.25, -0.2) is 12.8 Å². The van der Waals surface area contributed by atoms with Gasteiger partial charge in [0.05, 0.1) is 11.7 Å². The molecule has 0 aliphatic carbocycles. The molecule has 21 heavy (non-hydrogen) atoms. The molecule has 0 N–H and O–H groups in total. The van der Waals surface area contributed by atoms with Gasteiger partial charge in [-0.15, -0.1) is 0 Å². The summed E-state index contributed by atoms with van der Waals surface area (Å²) in [5.41, 5.74) is 0.770. The van der Waals surface area contributed by atoms with Gasteiger partial charge in [-0.2, -0.15) is 13.9 Å². The monoisotopic (exact) mass is 316 g/mol. The van der Waals surface area contributed by atoms with Crippen LogP contribution in [0.3, 0.4) is 0 Å². The summed E-state index contributed by atoms with van der Waals surface area (Å²) in [5.74, 6) is -3.57. The van der Waals surface area contributed by atoms with Crippen molar-refractivity contribution in [2.45, 2.75) is 29.4 Å². The molecule has 112 valence electrons. The van der Waals surface area contributed by atoms with Gasteiger partial charge < -0.3 is 0 Å². The molecular weight excluding hydrogens is 305 g/mol. The third-order valence-corrected chi connectivity index (χ3v) is 4.75. The Labute approximate surface area is 119 Å². The van der Waals surface area contributed by atoms with Gasteiger partial charge in [0.15, 0.2) is 5.03 Å². The fraction of sp³-hybridized carbons (Fsp3) is 0.308. The Morgan fingerprint density at radius 2 is 1.90 bits per heavy atom. The lowest BCUT2D eigenvalue weighted by atomic mass is 10.0. The van der Waals surface area contributed by atoms with E-state index >= 15 is 0 Å². The van der Waals surface area contributed by atoms with Crippen molar-refractivity contribution in [1.29, 1.82) is 0 Å². The lowest BCUT2D eigenvalue weighted by molar-refractivity contribution is 0.234. The molecule has 4 nitrogen and oxygen atoms in total. The zero-order valence-corrected chi connectivity index (χ0v) is 11.5. The van der Waals surface area contributed by atoms with E-state index in [2.05, 4.69) is 5.10 Å². The molecule has 2 atom stereocenters. The summed E-state index contributed by atoms with van der Waals surface area (Å²) < 4.78 is 63.2. The topological polar surface area (TPSA) is 52.0 Å². The van der Waals surface area contributed by atoms with Crippen LogP contribution in [0.15, 0.2) is 41.4 Å². The van der Waals surface area contributed by atoms with Gasteiger partial charge in [0.2, 0.25) is 0 Å². The van der Waals surface area contributed by atoms with Crippen molar-refractivity contribution >= 4 is 9.84 Å². The lowest BCUT2D eigenvalue weighted by Gasteiger charge is -2.12. The lowest BCUT2D eigenvalue weighted by Crippen LogP contribution is -2.14. The molecule has 0 radical (unpaired) electrons. The van der Waals surface area contributed by atoms with Crippen LogP contribution in [0, 0.1) is 0 Å². The molecule has 0 saturated carbocycles. The average molecular weight is 316 g/mol. The molecule has 0 saturated heterocycles. The zero-order valence-electron chi connectivity index (χ0n) is 10.7. The normalized spacial score (nSPS) is 21.7. The maximum absolute atomic E-state index is 14.0. The summed E-state index contributed by atoms with van der Waals surface area (Å²) >= 11 is 0.